The van der Waals surface area contributed by atoms with Gasteiger partial charge in [0.15, 0.2) is 0 Å². The van der Waals surface area contributed by atoms with E-state index in [2.05, 4.69) is 5.10 Å². The van der Waals surface area contributed by atoms with Gasteiger partial charge in [-0.2, -0.15) is 5.10 Å². The molecule has 0 unspecified atom stereocenters. The van der Waals surface area contributed by atoms with E-state index in [1.165, 1.54) is 41.2 Å². The van der Waals surface area contributed by atoms with Crippen molar-refractivity contribution in [2.75, 3.05) is 0 Å². The van der Waals surface area contributed by atoms with Crippen molar-refractivity contribution in [1.82, 2.24) is 9.78 Å². The predicted molar refractivity (Wildman–Crippen MR) is 51.9 cm³/mol. The fourth-order valence-electron chi connectivity index (χ4n) is 1.21. The van der Waals surface area contributed by atoms with Crippen LogP contribution in [0.3, 0.4) is 0 Å². The normalized spacial score (nSPS) is 10.1. The minimum Gasteiger partial charge on any atom is -0.493 e. The summed E-state index contributed by atoms with van der Waals surface area (Å²) >= 11 is 0. The van der Waals surface area contributed by atoms with Gasteiger partial charge in [-0.05, 0) is 12.1 Å². The molecule has 1 N–H and O–H groups in total. The van der Waals surface area contributed by atoms with Crippen LogP contribution in [0, 0.1) is 10.1 Å². The first-order valence-corrected chi connectivity index (χ1v) is 4.16. The van der Waals surface area contributed by atoms with Gasteiger partial charge < -0.3 is 5.11 Å². The fourth-order valence-corrected chi connectivity index (χ4v) is 1.21. The number of hydrogen-bond donors (Lipinski definition) is 1. The highest BCUT2D eigenvalue weighted by Crippen LogP contribution is 2.18. The quantitative estimate of drug-likeness (QED) is 0.594. The summed E-state index contributed by atoms with van der Waals surface area (Å²) in [5.74, 6) is -0.0103. The Balaban J connectivity index is 2.40. The lowest BCUT2D eigenvalue weighted by Crippen LogP contribution is -1.95. The molecule has 0 atom stereocenters. The first-order valence-electron chi connectivity index (χ1n) is 4.16. The topological polar surface area (TPSA) is 81.2 Å². The standard InChI is InChI=1S/C9H7N3O3/c13-9-5-6-10-11(9)7-1-3-8(4-2-7)12(14)15/h1-6,13H. The molecule has 1 aromatic heterocycles. The monoisotopic (exact) mass is 205 g/mol. The summed E-state index contributed by atoms with van der Waals surface area (Å²) in [4.78, 5) is 9.92. The number of rotatable bonds is 2. The van der Waals surface area contributed by atoms with Crippen molar-refractivity contribution in [1.29, 1.82) is 0 Å². The summed E-state index contributed by atoms with van der Waals surface area (Å²) in [6.45, 7) is 0. The second-order valence-corrected chi connectivity index (χ2v) is 2.87. The average molecular weight is 205 g/mol. The molecule has 0 saturated carbocycles. The summed E-state index contributed by atoms with van der Waals surface area (Å²) in [6.07, 6.45) is 1.44. The van der Waals surface area contributed by atoms with Crippen LogP contribution in [-0.4, -0.2) is 19.8 Å². The van der Waals surface area contributed by atoms with Gasteiger partial charge in [0.2, 0.25) is 5.88 Å². The molecule has 0 spiro atoms. The van der Waals surface area contributed by atoms with Crippen molar-refractivity contribution in [2.24, 2.45) is 0 Å². The number of hydrogen-bond acceptors (Lipinski definition) is 4. The summed E-state index contributed by atoms with van der Waals surface area (Å²) in [5, 5.41) is 23.6. The van der Waals surface area contributed by atoms with E-state index in [-0.39, 0.29) is 11.6 Å². The molecule has 2 rings (SSSR count). The smallest absolute Gasteiger partial charge is 0.269 e. The van der Waals surface area contributed by atoms with E-state index in [4.69, 9.17) is 0 Å². The highest BCUT2D eigenvalue weighted by Gasteiger charge is 2.06. The van der Waals surface area contributed by atoms with Gasteiger partial charge >= 0.3 is 0 Å². The van der Waals surface area contributed by atoms with Gasteiger partial charge in [0.25, 0.3) is 5.69 Å². The molecule has 2 aromatic rings. The highest BCUT2D eigenvalue weighted by molar-refractivity contribution is 5.41. The van der Waals surface area contributed by atoms with Crippen LogP contribution >= 0.6 is 0 Å². The van der Waals surface area contributed by atoms with Crippen LogP contribution in [0.2, 0.25) is 0 Å². The zero-order valence-electron chi connectivity index (χ0n) is 7.57. The zero-order chi connectivity index (χ0) is 10.8. The Morgan fingerprint density at radius 1 is 1.27 bits per heavy atom. The first kappa shape index (κ1) is 9.20. The molecule has 0 aliphatic rings. The van der Waals surface area contributed by atoms with Gasteiger partial charge in [0, 0.05) is 18.2 Å². The summed E-state index contributed by atoms with van der Waals surface area (Å²) < 4.78 is 1.28. The Bertz CT molecular complexity index is 490. The van der Waals surface area contributed by atoms with E-state index >= 15 is 0 Å². The Hall–Kier alpha value is -2.37. The van der Waals surface area contributed by atoms with Gasteiger partial charge in [0.05, 0.1) is 16.8 Å². The molecule has 0 radical (unpaired) electrons. The second kappa shape index (κ2) is 3.41. The number of nitro groups is 1. The molecule has 0 fully saturated rings. The second-order valence-electron chi connectivity index (χ2n) is 2.87. The van der Waals surface area contributed by atoms with Crippen LogP contribution in [-0.2, 0) is 0 Å². The van der Waals surface area contributed by atoms with Crippen molar-refractivity contribution in [2.45, 2.75) is 0 Å². The third-order valence-corrected chi connectivity index (χ3v) is 1.93. The van der Waals surface area contributed by atoms with Gasteiger partial charge in [-0.3, -0.25) is 10.1 Å². The molecule has 6 nitrogen and oxygen atoms in total. The van der Waals surface area contributed by atoms with E-state index in [0.29, 0.717) is 5.69 Å². The molecule has 0 saturated heterocycles. The van der Waals surface area contributed by atoms with Crippen LogP contribution in [0.15, 0.2) is 36.5 Å². The van der Waals surface area contributed by atoms with Gasteiger partial charge in [0.1, 0.15) is 0 Å². The molecule has 0 aliphatic heterocycles. The fraction of sp³-hybridized carbons (Fsp3) is 0. The maximum Gasteiger partial charge on any atom is 0.269 e. The van der Waals surface area contributed by atoms with E-state index in [0.717, 1.165) is 0 Å². The van der Waals surface area contributed by atoms with Crippen molar-refractivity contribution in [3.63, 3.8) is 0 Å². The Labute approximate surface area is 84.5 Å². The van der Waals surface area contributed by atoms with E-state index in [1.54, 1.807) is 0 Å². The van der Waals surface area contributed by atoms with Crippen molar-refractivity contribution in [3.8, 4) is 11.6 Å². The number of non-ortho nitro benzene ring substituents is 1. The molecule has 15 heavy (non-hydrogen) atoms. The summed E-state index contributed by atoms with van der Waals surface area (Å²) in [6, 6.07) is 7.18. The van der Waals surface area contributed by atoms with E-state index in [9.17, 15) is 15.2 Å². The van der Waals surface area contributed by atoms with Gasteiger partial charge in [-0.1, -0.05) is 0 Å². The third-order valence-electron chi connectivity index (χ3n) is 1.93. The largest absolute Gasteiger partial charge is 0.493 e. The highest BCUT2D eigenvalue weighted by atomic mass is 16.6. The molecular weight excluding hydrogens is 198 g/mol. The molecule has 76 valence electrons. The summed E-state index contributed by atoms with van der Waals surface area (Å²) in [7, 11) is 0. The molecule has 6 heteroatoms. The minimum absolute atomic E-state index is 0.00500. The number of aromatic hydroxyl groups is 1. The Morgan fingerprint density at radius 2 is 1.93 bits per heavy atom. The lowest BCUT2D eigenvalue weighted by molar-refractivity contribution is -0.384. The van der Waals surface area contributed by atoms with E-state index < -0.39 is 4.92 Å². The lowest BCUT2D eigenvalue weighted by Gasteiger charge is -2.01. The SMILES string of the molecule is O=[N+]([O-])c1ccc(-n2nccc2O)cc1. The van der Waals surface area contributed by atoms with E-state index in [1.807, 2.05) is 0 Å². The van der Waals surface area contributed by atoms with Crippen molar-refractivity contribution < 1.29 is 10.0 Å². The third kappa shape index (κ3) is 1.64. The minimum atomic E-state index is -0.479. The molecule has 0 aliphatic carbocycles. The Morgan fingerprint density at radius 3 is 2.40 bits per heavy atom. The van der Waals surface area contributed by atoms with Crippen molar-refractivity contribution >= 4 is 5.69 Å². The van der Waals surface area contributed by atoms with Crippen LogP contribution in [0.4, 0.5) is 5.69 Å². The number of nitro benzene ring substituents is 1. The number of nitrogens with zero attached hydrogens (tertiary/aromatic N) is 3. The lowest BCUT2D eigenvalue weighted by atomic mass is 10.3. The number of benzene rings is 1. The molecule has 1 heterocycles. The van der Waals surface area contributed by atoms with Crippen LogP contribution in [0.5, 0.6) is 5.88 Å². The first-order chi connectivity index (χ1) is 7.18. The predicted octanol–water partition coefficient (Wildman–Crippen LogP) is 1.49. The van der Waals surface area contributed by atoms with Gasteiger partial charge in [-0.15, -0.1) is 0 Å². The average Bonchev–Trinajstić information content (AvgIpc) is 2.65. The molecule has 1 aromatic carbocycles. The van der Waals surface area contributed by atoms with Gasteiger partial charge in [-0.25, -0.2) is 4.68 Å². The van der Waals surface area contributed by atoms with Crippen LogP contribution in [0.25, 0.3) is 5.69 Å². The van der Waals surface area contributed by atoms with Crippen molar-refractivity contribution in [3.05, 3.63) is 46.6 Å². The zero-order valence-corrected chi connectivity index (χ0v) is 7.57. The molecule has 0 bridgehead atoms. The maximum atomic E-state index is 10.4. The Kier molecular flexibility index (Phi) is 2.09. The summed E-state index contributed by atoms with van der Waals surface area (Å²) in [5.41, 5.74) is 0.577. The maximum absolute atomic E-state index is 10.4. The van der Waals surface area contributed by atoms with Crippen LogP contribution in [0.1, 0.15) is 0 Å². The van der Waals surface area contributed by atoms with Crippen LogP contribution < -0.4 is 0 Å². The molecular formula is C9H7N3O3. The number of aromatic nitrogens is 2. The molecule has 0 amide bonds.